The summed E-state index contributed by atoms with van der Waals surface area (Å²) in [4.78, 5) is 25.5. The summed E-state index contributed by atoms with van der Waals surface area (Å²) in [5.41, 5.74) is 0.0227. The Bertz CT molecular complexity index is 618. The summed E-state index contributed by atoms with van der Waals surface area (Å²) >= 11 is 0. The Morgan fingerprint density at radius 2 is 2.12 bits per heavy atom. The largest absolute Gasteiger partial charge is 0.464 e. The van der Waals surface area contributed by atoms with Crippen molar-refractivity contribution in [3.63, 3.8) is 0 Å². The number of nitrogens with one attached hydrogen (secondary N) is 1. The molecule has 0 spiro atoms. The van der Waals surface area contributed by atoms with E-state index in [2.05, 4.69) is 9.72 Å². The van der Waals surface area contributed by atoms with E-state index < -0.39 is 17.2 Å². The van der Waals surface area contributed by atoms with E-state index in [-0.39, 0.29) is 11.1 Å². The van der Waals surface area contributed by atoms with Gasteiger partial charge in [0.2, 0.25) is 0 Å². The summed E-state index contributed by atoms with van der Waals surface area (Å²) in [6.45, 7) is 0. The van der Waals surface area contributed by atoms with Crippen molar-refractivity contribution in [1.29, 1.82) is 0 Å². The number of esters is 1. The fourth-order valence-corrected chi connectivity index (χ4v) is 1.44. The molecular weight excluding hydrogens is 213 g/mol. The molecule has 0 aliphatic heterocycles. The van der Waals surface area contributed by atoms with Crippen LogP contribution in [0.25, 0.3) is 10.9 Å². The number of carbonyl (C=O) groups excluding carboxylic acids is 1. The van der Waals surface area contributed by atoms with Crippen molar-refractivity contribution in [3.8, 4) is 0 Å². The number of halogens is 1. The number of methoxy groups -OCH3 is 1. The summed E-state index contributed by atoms with van der Waals surface area (Å²) in [6.07, 6.45) is 0. The number of aromatic amines is 1. The highest BCUT2D eigenvalue weighted by Crippen LogP contribution is 2.10. The standard InChI is InChI=1S/C11H8FNO3/c1-16-11(15)9-5-10(14)7-4-6(12)2-3-8(7)13-9/h2-5H,1H3,(H,13,14). The van der Waals surface area contributed by atoms with Crippen LogP contribution in [0.1, 0.15) is 10.5 Å². The first-order valence-electron chi connectivity index (χ1n) is 4.52. The summed E-state index contributed by atoms with van der Waals surface area (Å²) in [5.74, 6) is -1.13. The van der Waals surface area contributed by atoms with Gasteiger partial charge < -0.3 is 9.72 Å². The van der Waals surface area contributed by atoms with Crippen molar-refractivity contribution in [2.24, 2.45) is 0 Å². The number of benzene rings is 1. The van der Waals surface area contributed by atoms with Crippen molar-refractivity contribution < 1.29 is 13.9 Å². The van der Waals surface area contributed by atoms with Crippen molar-refractivity contribution in [1.82, 2.24) is 4.98 Å². The van der Waals surface area contributed by atoms with E-state index in [1.807, 2.05) is 0 Å². The van der Waals surface area contributed by atoms with Crippen molar-refractivity contribution in [2.75, 3.05) is 7.11 Å². The SMILES string of the molecule is COC(=O)c1cc(=O)c2cc(F)ccc2[nH]1. The predicted octanol–water partition coefficient (Wildman–Crippen LogP) is 1.45. The second kappa shape index (κ2) is 3.77. The number of ether oxygens (including phenoxy) is 1. The minimum Gasteiger partial charge on any atom is -0.464 e. The Hall–Kier alpha value is -2.17. The van der Waals surface area contributed by atoms with Crippen LogP contribution in [0.4, 0.5) is 4.39 Å². The quantitative estimate of drug-likeness (QED) is 0.741. The first kappa shape index (κ1) is 10.4. The molecule has 0 amide bonds. The topological polar surface area (TPSA) is 59.2 Å². The Morgan fingerprint density at radius 1 is 1.38 bits per heavy atom. The van der Waals surface area contributed by atoms with Crippen molar-refractivity contribution in [2.45, 2.75) is 0 Å². The number of rotatable bonds is 1. The van der Waals surface area contributed by atoms with Crippen molar-refractivity contribution in [3.05, 3.63) is 46.0 Å². The Labute approximate surface area is 89.7 Å². The highest BCUT2D eigenvalue weighted by Gasteiger charge is 2.09. The molecule has 0 aliphatic carbocycles. The van der Waals surface area contributed by atoms with E-state index in [0.717, 1.165) is 12.1 Å². The molecule has 2 aromatic rings. The van der Waals surface area contributed by atoms with Gasteiger partial charge in [0.25, 0.3) is 0 Å². The Morgan fingerprint density at radius 3 is 2.81 bits per heavy atom. The van der Waals surface area contributed by atoms with E-state index in [0.29, 0.717) is 5.52 Å². The number of H-pyrrole nitrogens is 1. The number of hydrogen-bond acceptors (Lipinski definition) is 3. The van der Waals surface area contributed by atoms with Gasteiger partial charge in [-0.25, -0.2) is 9.18 Å². The maximum atomic E-state index is 12.9. The lowest BCUT2D eigenvalue weighted by Crippen LogP contribution is -2.11. The van der Waals surface area contributed by atoms with Crippen LogP contribution < -0.4 is 5.43 Å². The van der Waals surface area contributed by atoms with Gasteiger partial charge in [0, 0.05) is 11.5 Å². The normalized spacial score (nSPS) is 10.4. The van der Waals surface area contributed by atoms with E-state index in [9.17, 15) is 14.0 Å². The highest BCUT2D eigenvalue weighted by molar-refractivity contribution is 5.90. The van der Waals surface area contributed by atoms with Gasteiger partial charge in [-0.15, -0.1) is 0 Å². The Kier molecular flexibility index (Phi) is 2.44. The average Bonchev–Trinajstić information content (AvgIpc) is 2.28. The molecule has 5 heteroatoms. The molecular formula is C11H8FNO3. The third-order valence-corrected chi connectivity index (χ3v) is 2.20. The molecule has 1 aromatic carbocycles. The van der Waals surface area contributed by atoms with Crippen LogP contribution in [-0.2, 0) is 4.74 Å². The lowest BCUT2D eigenvalue weighted by atomic mass is 10.2. The monoisotopic (exact) mass is 221 g/mol. The Balaban J connectivity index is 2.73. The van der Waals surface area contributed by atoms with Gasteiger partial charge in [0.15, 0.2) is 5.43 Å². The minimum atomic E-state index is -0.636. The molecule has 16 heavy (non-hydrogen) atoms. The number of fused-ring (bicyclic) bond motifs is 1. The summed E-state index contributed by atoms with van der Waals surface area (Å²) in [6, 6.07) is 4.82. The molecule has 82 valence electrons. The molecule has 1 N–H and O–H groups in total. The second-order valence-corrected chi connectivity index (χ2v) is 3.23. The van der Waals surface area contributed by atoms with E-state index in [1.54, 1.807) is 0 Å². The predicted molar refractivity (Wildman–Crippen MR) is 55.9 cm³/mol. The summed E-state index contributed by atoms with van der Waals surface area (Å²) in [5, 5.41) is 0.202. The van der Waals surface area contributed by atoms with Crippen LogP contribution >= 0.6 is 0 Å². The molecule has 0 bridgehead atoms. The zero-order valence-electron chi connectivity index (χ0n) is 8.41. The van der Waals surface area contributed by atoms with Gasteiger partial charge in [-0.1, -0.05) is 0 Å². The first-order chi connectivity index (χ1) is 7.61. The molecule has 1 aromatic heterocycles. The molecule has 0 fully saturated rings. The third-order valence-electron chi connectivity index (χ3n) is 2.20. The van der Waals surface area contributed by atoms with Crippen LogP contribution in [0.3, 0.4) is 0 Å². The molecule has 2 rings (SSSR count). The number of aromatic nitrogens is 1. The van der Waals surface area contributed by atoms with E-state index in [4.69, 9.17) is 0 Å². The van der Waals surface area contributed by atoms with Gasteiger partial charge in [0.05, 0.1) is 12.6 Å². The van der Waals surface area contributed by atoms with Crippen LogP contribution in [-0.4, -0.2) is 18.1 Å². The van der Waals surface area contributed by atoms with Gasteiger partial charge in [-0.3, -0.25) is 4.79 Å². The fourth-order valence-electron chi connectivity index (χ4n) is 1.44. The molecule has 0 unspecified atom stereocenters. The number of carbonyl (C=O) groups is 1. The molecule has 0 aliphatic rings. The molecule has 0 radical (unpaired) electrons. The van der Waals surface area contributed by atoms with Crippen molar-refractivity contribution >= 4 is 16.9 Å². The maximum absolute atomic E-state index is 12.9. The zero-order chi connectivity index (χ0) is 11.7. The van der Waals surface area contributed by atoms with Gasteiger partial charge in [-0.2, -0.15) is 0 Å². The summed E-state index contributed by atoms with van der Waals surface area (Å²) in [7, 11) is 1.22. The zero-order valence-corrected chi connectivity index (χ0v) is 8.41. The minimum absolute atomic E-state index is 0.0478. The van der Waals surface area contributed by atoms with Crippen LogP contribution in [0.2, 0.25) is 0 Å². The van der Waals surface area contributed by atoms with E-state index >= 15 is 0 Å². The fraction of sp³-hybridized carbons (Fsp3) is 0.0909. The first-order valence-corrected chi connectivity index (χ1v) is 4.52. The van der Waals surface area contributed by atoms with Gasteiger partial charge in [0.1, 0.15) is 11.5 Å². The molecule has 0 saturated carbocycles. The molecule has 4 nitrogen and oxygen atoms in total. The molecule has 0 saturated heterocycles. The molecule has 1 heterocycles. The van der Waals surface area contributed by atoms with Crippen LogP contribution in [0, 0.1) is 5.82 Å². The lowest BCUT2D eigenvalue weighted by Gasteiger charge is -2.02. The summed E-state index contributed by atoms with van der Waals surface area (Å²) < 4.78 is 17.4. The lowest BCUT2D eigenvalue weighted by molar-refractivity contribution is 0.0594. The van der Waals surface area contributed by atoms with E-state index in [1.165, 1.54) is 19.2 Å². The number of hydrogen-bond donors (Lipinski definition) is 1. The van der Waals surface area contributed by atoms with Crippen LogP contribution in [0.5, 0.6) is 0 Å². The second-order valence-electron chi connectivity index (χ2n) is 3.23. The highest BCUT2D eigenvalue weighted by atomic mass is 19.1. The third kappa shape index (κ3) is 1.67. The van der Waals surface area contributed by atoms with Gasteiger partial charge >= 0.3 is 5.97 Å². The van der Waals surface area contributed by atoms with Gasteiger partial charge in [-0.05, 0) is 18.2 Å². The molecule has 0 atom stereocenters. The van der Waals surface area contributed by atoms with Crippen LogP contribution in [0.15, 0.2) is 29.1 Å². The maximum Gasteiger partial charge on any atom is 0.354 e. The smallest absolute Gasteiger partial charge is 0.354 e. The average molecular weight is 221 g/mol. The number of pyridine rings is 1.